The maximum Gasteiger partial charge on any atom is 0.338 e. The van der Waals surface area contributed by atoms with Crippen molar-refractivity contribution in [2.75, 3.05) is 6.54 Å². The van der Waals surface area contributed by atoms with E-state index in [9.17, 15) is 9.59 Å². The second kappa shape index (κ2) is 9.03. The second-order valence-corrected chi connectivity index (χ2v) is 5.95. The van der Waals surface area contributed by atoms with Crippen LogP contribution in [0.3, 0.4) is 0 Å². The summed E-state index contributed by atoms with van der Waals surface area (Å²) in [6, 6.07) is 6.55. The highest BCUT2D eigenvalue weighted by atomic mass is 16.5. The Bertz CT molecular complexity index is 732. The Morgan fingerprint density at radius 3 is 2.50 bits per heavy atom. The summed E-state index contributed by atoms with van der Waals surface area (Å²) in [6.07, 6.45) is -0.0218. The lowest BCUT2D eigenvalue weighted by molar-refractivity contribution is -0.129. The highest BCUT2D eigenvalue weighted by Gasteiger charge is 2.18. The van der Waals surface area contributed by atoms with Crippen molar-refractivity contribution in [3.63, 3.8) is 0 Å². The van der Waals surface area contributed by atoms with E-state index in [-0.39, 0.29) is 5.91 Å². The van der Waals surface area contributed by atoms with E-state index in [4.69, 9.17) is 14.0 Å². The molecule has 140 valence electrons. The zero-order chi connectivity index (χ0) is 19.1. The minimum atomic E-state index is -0.843. The van der Waals surface area contributed by atoms with Gasteiger partial charge in [-0.15, -0.1) is 0 Å². The molecule has 0 aliphatic rings. The van der Waals surface area contributed by atoms with Gasteiger partial charge in [0.15, 0.2) is 6.10 Å². The molecule has 0 saturated heterocycles. The first-order valence-electron chi connectivity index (χ1n) is 8.55. The number of aryl methyl sites for hydroxylation is 2. The fourth-order valence-electron chi connectivity index (χ4n) is 2.22. The molecule has 0 aliphatic heterocycles. The number of aromatic nitrogens is 1. The van der Waals surface area contributed by atoms with Crippen LogP contribution in [0.4, 0.5) is 0 Å². The number of ether oxygens (including phenoxy) is 2. The smallest absolute Gasteiger partial charge is 0.338 e. The summed E-state index contributed by atoms with van der Waals surface area (Å²) < 4.78 is 16.0. The van der Waals surface area contributed by atoms with Crippen LogP contribution >= 0.6 is 0 Å². The predicted molar refractivity (Wildman–Crippen MR) is 94.9 cm³/mol. The van der Waals surface area contributed by atoms with E-state index in [2.05, 4.69) is 10.5 Å². The highest BCUT2D eigenvalue weighted by molar-refractivity contribution is 5.92. The molecule has 1 atom stereocenters. The number of nitrogens with zero attached hydrogens (tertiary/aromatic N) is 1. The van der Waals surface area contributed by atoms with Gasteiger partial charge in [-0.3, -0.25) is 4.79 Å². The van der Waals surface area contributed by atoms with Gasteiger partial charge in [-0.05, 0) is 51.5 Å². The molecule has 1 aromatic heterocycles. The maximum atomic E-state index is 12.1. The Morgan fingerprint density at radius 1 is 1.23 bits per heavy atom. The molecule has 0 aliphatic carbocycles. The molecule has 0 spiro atoms. The largest absolute Gasteiger partial charge is 0.489 e. The third-order valence-corrected chi connectivity index (χ3v) is 3.86. The van der Waals surface area contributed by atoms with Crippen LogP contribution in [0.25, 0.3) is 0 Å². The van der Waals surface area contributed by atoms with Gasteiger partial charge in [-0.25, -0.2) is 4.79 Å². The van der Waals surface area contributed by atoms with Crippen LogP contribution in [0, 0.1) is 13.8 Å². The molecule has 1 amide bonds. The Balaban J connectivity index is 1.90. The van der Waals surface area contributed by atoms with Crippen LogP contribution in [0.5, 0.6) is 5.75 Å². The van der Waals surface area contributed by atoms with E-state index in [1.54, 1.807) is 31.2 Å². The summed E-state index contributed by atoms with van der Waals surface area (Å²) in [7, 11) is 0. The number of hydrogen-bond donors (Lipinski definition) is 1. The van der Waals surface area contributed by atoms with Gasteiger partial charge in [0.25, 0.3) is 5.91 Å². The number of hydrogen-bond acceptors (Lipinski definition) is 6. The number of rotatable bonds is 8. The van der Waals surface area contributed by atoms with E-state index in [1.165, 1.54) is 0 Å². The normalized spacial score (nSPS) is 11.7. The molecule has 1 aromatic carbocycles. The van der Waals surface area contributed by atoms with E-state index in [0.717, 1.165) is 23.4 Å². The molecule has 2 aromatic rings. The minimum Gasteiger partial charge on any atom is -0.489 e. The van der Waals surface area contributed by atoms with Gasteiger partial charge in [0.2, 0.25) is 0 Å². The predicted octanol–water partition coefficient (Wildman–Crippen LogP) is 2.94. The molecule has 7 heteroatoms. The quantitative estimate of drug-likeness (QED) is 0.728. The third-order valence-electron chi connectivity index (χ3n) is 3.86. The molecule has 26 heavy (non-hydrogen) atoms. The fourth-order valence-corrected chi connectivity index (χ4v) is 2.22. The van der Waals surface area contributed by atoms with E-state index < -0.39 is 12.1 Å². The molecule has 1 N–H and O–H groups in total. The molecule has 0 saturated carbocycles. The molecule has 2 rings (SSSR count). The second-order valence-electron chi connectivity index (χ2n) is 5.95. The van der Waals surface area contributed by atoms with Crippen molar-refractivity contribution < 1.29 is 23.6 Å². The van der Waals surface area contributed by atoms with Gasteiger partial charge in [0.1, 0.15) is 18.1 Å². The average Bonchev–Trinajstić information content (AvgIpc) is 2.96. The monoisotopic (exact) mass is 360 g/mol. The molecule has 0 radical (unpaired) electrons. The summed E-state index contributed by atoms with van der Waals surface area (Å²) in [4.78, 5) is 23.9. The Labute approximate surface area is 152 Å². The van der Waals surface area contributed by atoms with Gasteiger partial charge in [-0.2, -0.15) is 0 Å². The molecular formula is C19H24N2O5. The van der Waals surface area contributed by atoms with Crippen LogP contribution in [0.15, 0.2) is 28.8 Å². The van der Waals surface area contributed by atoms with Gasteiger partial charge in [-0.1, -0.05) is 12.1 Å². The van der Waals surface area contributed by atoms with Gasteiger partial charge < -0.3 is 19.3 Å². The Kier molecular flexibility index (Phi) is 6.77. The minimum absolute atomic E-state index is 0.306. The molecular weight excluding hydrogens is 336 g/mol. The van der Waals surface area contributed by atoms with E-state index >= 15 is 0 Å². The van der Waals surface area contributed by atoms with Crippen molar-refractivity contribution in [1.82, 2.24) is 10.5 Å². The number of carbonyl (C=O) groups is 2. The summed E-state index contributed by atoms with van der Waals surface area (Å²) >= 11 is 0. The topological polar surface area (TPSA) is 90.7 Å². The molecule has 0 fully saturated rings. The lowest BCUT2D eigenvalue weighted by atomic mass is 10.2. The number of amides is 1. The van der Waals surface area contributed by atoms with E-state index in [1.807, 2.05) is 20.8 Å². The van der Waals surface area contributed by atoms with Crippen LogP contribution in [0.2, 0.25) is 0 Å². The summed E-state index contributed by atoms with van der Waals surface area (Å²) in [5, 5.41) is 6.57. The zero-order valence-corrected chi connectivity index (χ0v) is 15.5. The van der Waals surface area contributed by atoms with Gasteiger partial charge in [0.05, 0.1) is 16.8 Å². The Morgan fingerprint density at radius 2 is 1.92 bits per heavy atom. The first-order valence-corrected chi connectivity index (χ1v) is 8.55. The third kappa shape index (κ3) is 5.08. The van der Waals surface area contributed by atoms with Crippen molar-refractivity contribution in [2.45, 2.75) is 46.8 Å². The summed E-state index contributed by atoms with van der Waals surface area (Å²) in [5.74, 6) is 0.467. The van der Waals surface area contributed by atoms with Crippen molar-refractivity contribution in [1.29, 1.82) is 0 Å². The highest BCUT2D eigenvalue weighted by Crippen LogP contribution is 2.18. The first kappa shape index (κ1) is 19.5. The van der Waals surface area contributed by atoms with Crippen molar-refractivity contribution >= 4 is 11.9 Å². The van der Waals surface area contributed by atoms with Gasteiger partial charge in [0, 0.05) is 6.54 Å². The number of benzene rings is 1. The SMILES string of the molecule is CCCNC(=O)[C@@H](C)OC(=O)c1ccc(OCc2c(C)noc2C)cc1. The first-order chi connectivity index (χ1) is 12.4. The van der Waals surface area contributed by atoms with Crippen LogP contribution in [0.1, 0.15) is 47.6 Å². The van der Waals surface area contributed by atoms with Crippen LogP contribution in [-0.4, -0.2) is 29.7 Å². The zero-order valence-electron chi connectivity index (χ0n) is 15.5. The van der Waals surface area contributed by atoms with Crippen molar-refractivity contribution in [3.05, 3.63) is 46.8 Å². The van der Waals surface area contributed by atoms with Crippen LogP contribution < -0.4 is 10.1 Å². The lowest BCUT2D eigenvalue weighted by Gasteiger charge is -2.13. The average molecular weight is 360 g/mol. The fraction of sp³-hybridized carbons (Fsp3) is 0.421. The molecule has 1 heterocycles. The lowest BCUT2D eigenvalue weighted by Crippen LogP contribution is -2.36. The van der Waals surface area contributed by atoms with Crippen LogP contribution in [-0.2, 0) is 16.1 Å². The van der Waals surface area contributed by atoms with E-state index in [0.29, 0.717) is 24.5 Å². The molecule has 7 nitrogen and oxygen atoms in total. The Hall–Kier alpha value is -2.83. The molecule has 0 unspecified atom stereocenters. The molecule has 0 bridgehead atoms. The summed E-state index contributed by atoms with van der Waals surface area (Å²) in [6.45, 7) is 8.06. The van der Waals surface area contributed by atoms with Crippen molar-refractivity contribution in [2.24, 2.45) is 0 Å². The standard InChI is InChI=1S/C19H24N2O5/c1-5-10-20-18(22)14(4)25-19(23)15-6-8-16(9-7-15)24-11-17-12(2)21-26-13(17)3/h6-9,14H,5,10-11H2,1-4H3,(H,20,22)/t14-/m1/s1. The number of esters is 1. The number of nitrogens with one attached hydrogen (secondary N) is 1. The maximum absolute atomic E-state index is 12.1. The number of carbonyl (C=O) groups excluding carboxylic acids is 2. The van der Waals surface area contributed by atoms with Gasteiger partial charge >= 0.3 is 5.97 Å². The summed E-state index contributed by atoms with van der Waals surface area (Å²) in [5.41, 5.74) is 2.04. The van der Waals surface area contributed by atoms with Crippen molar-refractivity contribution in [3.8, 4) is 5.75 Å².